The van der Waals surface area contributed by atoms with Gasteiger partial charge in [0.05, 0.1) is 6.61 Å². The fourth-order valence-corrected chi connectivity index (χ4v) is 1.71. The van der Waals surface area contributed by atoms with E-state index in [-0.39, 0.29) is 0 Å². The second-order valence-electron chi connectivity index (χ2n) is 3.52. The number of rotatable bonds is 2. The molecule has 5 heteroatoms. The van der Waals surface area contributed by atoms with E-state index in [9.17, 15) is 9.90 Å². The molecule has 2 rings (SSSR count). The maximum atomic E-state index is 11.2. The Labute approximate surface area is 93.6 Å². The molecule has 16 heavy (non-hydrogen) atoms. The number of nitrogens with zero attached hydrogens (tertiary/aromatic N) is 1. The van der Waals surface area contributed by atoms with Gasteiger partial charge in [0.1, 0.15) is 0 Å². The third-order valence-electron chi connectivity index (χ3n) is 2.44. The summed E-state index contributed by atoms with van der Waals surface area (Å²) < 4.78 is 5.44. The molecule has 1 fully saturated rings. The van der Waals surface area contributed by atoms with Gasteiger partial charge in [-0.15, -0.1) is 0 Å². The number of anilines is 1. The Morgan fingerprint density at radius 3 is 2.75 bits per heavy atom. The third kappa shape index (κ3) is 2.32. The lowest BCUT2D eigenvalue weighted by atomic mass is 10.3. The number of ether oxygens (including phenoxy) is 1. The minimum absolute atomic E-state index is 0.450. The number of amides is 1. The van der Waals surface area contributed by atoms with Gasteiger partial charge >= 0.3 is 6.09 Å². The molecule has 5 nitrogen and oxygen atoms in total. The molecule has 0 spiro atoms. The van der Waals surface area contributed by atoms with Crippen molar-refractivity contribution in [3.63, 3.8) is 0 Å². The Kier molecular flexibility index (Phi) is 3.38. The minimum Gasteiger partial charge on any atom is -0.465 e. The van der Waals surface area contributed by atoms with E-state index in [0.717, 1.165) is 6.54 Å². The lowest BCUT2D eigenvalue weighted by Gasteiger charge is -2.32. The lowest BCUT2D eigenvalue weighted by molar-refractivity contribution is 0.0276. The molecule has 0 aliphatic carbocycles. The fourth-order valence-electron chi connectivity index (χ4n) is 1.71. The van der Waals surface area contributed by atoms with E-state index in [0.29, 0.717) is 18.8 Å². The van der Waals surface area contributed by atoms with Crippen molar-refractivity contribution in [3.05, 3.63) is 30.3 Å². The first-order valence-electron chi connectivity index (χ1n) is 5.18. The Bertz CT molecular complexity index is 350. The number of nitrogens with one attached hydrogen (secondary N) is 1. The molecule has 1 unspecified atom stereocenters. The zero-order valence-corrected chi connectivity index (χ0v) is 8.80. The number of para-hydroxylation sites is 1. The molecule has 1 aromatic rings. The van der Waals surface area contributed by atoms with E-state index < -0.39 is 12.3 Å². The van der Waals surface area contributed by atoms with Gasteiger partial charge in [-0.3, -0.25) is 4.90 Å². The average Bonchev–Trinajstić information content (AvgIpc) is 2.31. The van der Waals surface area contributed by atoms with Gasteiger partial charge < -0.3 is 15.2 Å². The van der Waals surface area contributed by atoms with Gasteiger partial charge in [0.15, 0.2) is 6.23 Å². The van der Waals surface area contributed by atoms with Gasteiger partial charge in [0, 0.05) is 18.8 Å². The first kappa shape index (κ1) is 10.9. The number of carbonyl (C=O) groups is 1. The van der Waals surface area contributed by atoms with Crippen molar-refractivity contribution in [1.29, 1.82) is 0 Å². The fraction of sp³-hybridized carbons (Fsp3) is 0.364. The molecule has 1 aliphatic rings. The maximum absolute atomic E-state index is 11.2. The van der Waals surface area contributed by atoms with E-state index in [1.165, 1.54) is 4.90 Å². The Balaban J connectivity index is 2.20. The molecule has 1 atom stereocenters. The summed E-state index contributed by atoms with van der Waals surface area (Å²) in [7, 11) is 0. The summed E-state index contributed by atoms with van der Waals surface area (Å²) in [5.41, 5.74) is 0.628. The van der Waals surface area contributed by atoms with E-state index in [4.69, 9.17) is 4.74 Å². The van der Waals surface area contributed by atoms with E-state index in [1.807, 2.05) is 18.2 Å². The van der Waals surface area contributed by atoms with Crippen LogP contribution < -0.4 is 10.2 Å². The summed E-state index contributed by atoms with van der Waals surface area (Å²) in [5, 5.41) is 12.3. The van der Waals surface area contributed by atoms with Crippen molar-refractivity contribution >= 4 is 11.8 Å². The molecule has 86 valence electrons. The molecule has 1 aromatic carbocycles. The molecular formula is C11H14N2O3. The largest absolute Gasteiger partial charge is 0.465 e. The van der Waals surface area contributed by atoms with Crippen molar-refractivity contribution < 1.29 is 14.6 Å². The monoisotopic (exact) mass is 222 g/mol. The van der Waals surface area contributed by atoms with E-state index in [2.05, 4.69) is 5.32 Å². The highest BCUT2D eigenvalue weighted by Gasteiger charge is 2.26. The number of morpholine rings is 1. The number of hydrogen-bond acceptors (Lipinski definition) is 3. The second kappa shape index (κ2) is 4.96. The van der Waals surface area contributed by atoms with Crippen molar-refractivity contribution in [2.75, 3.05) is 24.6 Å². The SMILES string of the molecule is O=C(O)N(c1ccccc1)C1CNCCO1. The van der Waals surface area contributed by atoms with Gasteiger partial charge in [0.2, 0.25) is 0 Å². The molecule has 0 aromatic heterocycles. The highest BCUT2D eigenvalue weighted by Crippen LogP contribution is 2.18. The van der Waals surface area contributed by atoms with Crippen LogP contribution in [0.15, 0.2) is 30.3 Å². The summed E-state index contributed by atoms with van der Waals surface area (Å²) in [4.78, 5) is 12.5. The molecule has 1 amide bonds. The summed E-state index contributed by atoms with van der Waals surface area (Å²) >= 11 is 0. The van der Waals surface area contributed by atoms with Crippen molar-refractivity contribution in [1.82, 2.24) is 5.32 Å². The Morgan fingerprint density at radius 1 is 1.44 bits per heavy atom. The highest BCUT2D eigenvalue weighted by molar-refractivity contribution is 5.86. The molecule has 0 bridgehead atoms. The van der Waals surface area contributed by atoms with Crippen molar-refractivity contribution in [2.45, 2.75) is 6.23 Å². The first-order chi connectivity index (χ1) is 7.79. The second-order valence-corrected chi connectivity index (χ2v) is 3.52. The zero-order chi connectivity index (χ0) is 11.4. The van der Waals surface area contributed by atoms with Gasteiger partial charge in [-0.05, 0) is 12.1 Å². The predicted molar refractivity (Wildman–Crippen MR) is 59.6 cm³/mol. The summed E-state index contributed by atoms with van der Waals surface area (Å²) in [6, 6.07) is 8.98. The maximum Gasteiger partial charge on any atom is 0.414 e. The summed E-state index contributed by atoms with van der Waals surface area (Å²) in [6.45, 7) is 1.81. The van der Waals surface area contributed by atoms with Crippen LogP contribution in [0.4, 0.5) is 10.5 Å². The zero-order valence-electron chi connectivity index (χ0n) is 8.80. The van der Waals surface area contributed by atoms with Crippen LogP contribution in [0.3, 0.4) is 0 Å². The summed E-state index contributed by atoms with van der Waals surface area (Å²) in [6.07, 6.45) is -1.45. The van der Waals surface area contributed by atoms with Gasteiger partial charge in [0.25, 0.3) is 0 Å². The van der Waals surface area contributed by atoms with Crippen LogP contribution >= 0.6 is 0 Å². The Hall–Kier alpha value is -1.59. The molecular weight excluding hydrogens is 208 g/mol. The minimum atomic E-state index is -1.00. The van der Waals surface area contributed by atoms with Gasteiger partial charge in [-0.1, -0.05) is 18.2 Å². The lowest BCUT2D eigenvalue weighted by Crippen LogP contribution is -2.51. The van der Waals surface area contributed by atoms with Gasteiger partial charge in [-0.2, -0.15) is 0 Å². The standard InChI is InChI=1S/C11H14N2O3/c14-11(15)13(9-4-2-1-3-5-9)10-8-12-6-7-16-10/h1-5,10,12H,6-8H2,(H,14,15). The highest BCUT2D eigenvalue weighted by atomic mass is 16.5. The van der Waals surface area contributed by atoms with Gasteiger partial charge in [-0.25, -0.2) is 4.79 Å². The molecule has 1 heterocycles. The van der Waals surface area contributed by atoms with E-state index in [1.54, 1.807) is 12.1 Å². The summed E-state index contributed by atoms with van der Waals surface area (Å²) in [5.74, 6) is 0. The normalized spacial score (nSPS) is 20.4. The average molecular weight is 222 g/mol. The topological polar surface area (TPSA) is 61.8 Å². The quantitative estimate of drug-likeness (QED) is 0.787. The molecule has 0 radical (unpaired) electrons. The van der Waals surface area contributed by atoms with Crippen molar-refractivity contribution in [2.24, 2.45) is 0 Å². The smallest absolute Gasteiger partial charge is 0.414 e. The van der Waals surface area contributed by atoms with Crippen LogP contribution in [-0.4, -0.2) is 37.1 Å². The van der Waals surface area contributed by atoms with Crippen LogP contribution in [0.25, 0.3) is 0 Å². The molecule has 1 aliphatic heterocycles. The first-order valence-corrected chi connectivity index (χ1v) is 5.18. The van der Waals surface area contributed by atoms with E-state index >= 15 is 0 Å². The van der Waals surface area contributed by atoms with Crippen LogP contribution in [0.5, 0.6) is 0 Å². The molecule has 2 N–H and O–H groups in total. The predicted octanol–water partition coefficient (Wildman–Crippen LogP) is 1.12. The molecule has 0 saturated carbocycles. The van der Waals surface area contributed by atoms with Crippen LogP contribution in [-0.2, 0) is 4.74 Å². The number of hydrogen-bond donors (Lipinski definition) is 2. The number of carboxylic acid groups (broad SMARTS) is 1. The van der Waals surface area contributed by atoms with Crippen LogP contribution in [0, 0.1) is 0 Å². The third-order valence-corrected chi connectivity index (χ3v) is 2.44. The van der Waals surface area contributed by atoms with Crippen LogP contribution in [0.2, 0.25) is 0 Å². The molecule has 1 saturated heterocycles. The Morgan fingerprint density at radius 2 is 2.19 bits per heavy atom. The van der Waals surface area contributed by atoms with Crippen LogP contribution in [0.1, 0.15) is 0 Å². The number of benzene rings is 1. The van der Waals surface area contributed by atoms with Crippen molar-refractivity contribution in [3.8, 4) is 0 Å².